The van der Waals surface area contributed by atoms with Crippen LogP contribution in [0, 0.1) is 0 Å². The molecule has 2 rings (SSSR count). The second-order valence-corrected chi connectivity index (χ2v) is 6.54. The van der Waals surface area contributed by atoms with Crippen LogP contribution in [0.2, 0.25) is 0 Å². The Kier molecular flexibility index (Phi) is 5.37. The molecule has 0 saturated heterocycles. The molecule has 112 valence electrons. The van der Waals surface area contributed by atoms with Crippen LogP contribution in [0.25, 0.3) is 0 Å². The van der Waals surface area contributed by atoms with Gasteiger partial charge in [0.15, 0.2) is 0 Å². The van der Waals surface area contributed by atoms with Crippen molar-refractivity contribution in [2.75, 3.05) is 28.4 Å². The van der Waals surface area contributed by atoms with Crippen LogP contribution >= 0.6 is 0 Å². The van der Waals surface area contributed by atoms with Gasteiger partial charge in [0.1, 0.15) is 0 Å². The van der Waals surface area contributed by atoms with Gasteiger partial charge in [-0.15, -0.1) is 0 Å². The number of rotatable bonds is 6. The fourth-order valence-electron chi connectivity index (χ4n) is 1.90. The van der Waals surface area contributed by atoms with Crippen LogP contribution in [0.15, 0.2) is 36.4 Å². The molecule has 0 aliphatic rings. The minimum atomic E-state index is 0.152. The van der Waals surface area contributed by atoms with Crippen molar-refractivity contribution < 1.29 is 18.9 Å². The van der Waals surface area contributed by atoms with E-state index < -0.39 is 0 Å². The second kappa shape index (κ2) is 7.25. The molecule has 2 aromatic carbocycles. The summed E-state index contributed by atoms with van der Waals surface area (Å²) >= 11 is 0.152. The van der Waals surface area contributed by atoms with Gasteiger partial charge in [-0.1, -0.05) is 0 Å². The van der Waals surface area contributed by atoms with Crippen molar-refractivity contribution >= 4 is 23.9 Å². The van der Waals surface area contributed by atoms with E-state index in [-0.39, 0.29) is 15.0 Å². The molecule has 2 aromatic rings. The van der Waals surface area contributed by atoms with E-state index in [0.717, 1.165) is 23.0 Å². The molecule has 0 atom stereocenters. The van der Waals surface area contributed by atoms with Gasteiger partial charge in [0.05, 0.1) is 0 Å². The van der Waals surface area contributed by atoms with E-state index in [2.05, 4.69) is 12.1 Å². The first kappa shape index (κ1) is 15.5. The summed E-state index contributed by atoms with van der Waals surface area (Å²) in [6.45, 7) is 0. The van der Waals surface area contributed by atoms with Crippen LogP contribution in [0.1, 0.15) is 0 Å². The van der Waals surface area contributed by atoms with E-state index in [1.54, 1.807) is 28.4 Å². The molecular weight excluding hydrogens is 335 g/mol. The summed E-state index contributed by atoms with van der Waals surface area (Å²) in [7, 11) is 6.56. The number of methoxy groups -OCH3 is 4. The molecule has 0 amide bonds. The first-order valence-electron chi connectivity index (χ1n) is 6.33. The monoisotopic (exact) mass is 354 g/mol. The van der Waals surface area contributed by atoms with Crippen molar-refractivity contribution in [3.8, 4) is 23.0 Å². The van der Waals surface area contributed by atoms with Crippen LogP contribution in [-0.4, -0.2) is 43.4 Å². The Morgan fingerprint density at radius 3 is 1.29 bits per heavy atom. The maximum atomic E-state index is 5.34. The van der Waals surface area contributed by atoms with Gasteiger partial charge in [0, 0.05) is 0 Å². The number of hydrogen-bond acceptors (Lipinski definition) is 4. The van der Waals surface area contributed by atoms with Gasteiger partial charge >= 0.3 is 131 Å². The molecule has 0 aliphatic heterocycles. The summed E-state index contributed by atoms with van der Waals surface area (Å²) in [6, 6.07) is 12.0. The molecule has 5 heteroatoms. The third kappa shape index (κ3) is 3.63. The van der Waals surface area contributed by atoms with Gasteiger partial charge in [-0.2, -0.15) is 0 Å². The van der Waals surface area contributed by atoms with Gasteiger partial charge in [0.2, 0.25) is 0 Å². The van der Waals surface area contributed by atoms with Crippen molar-refractivity contribution in [1.29, 1.82) is 0 Å². The van der Waals surface area contributed by atoms with E-state index in [4.69, 9.17) is 18.9 Å². The summed E-state index contributed by atoms with van der Waals surface area (Å²) in [4.78, 5) is 0. The standard InChI is InChI=1S/C16H18O4Se/c1-17-13-7-5-11(9-15(13)19-3)21-12-6-8-14(18-2)16(10-12)20-4/h5-10H,1-4H3. The van der Waals surface area contributed by atoms with Crippen molar-refractivity contribution in [1.82, 2.24) is 0 Å². The Morgan fingerprint density at radius 1 is 0.571 bits per heavy atom. The average Bonchev–Trinajstić information content (AvgIpc) is 2.54. The molecule has 0 saturated carbocycles. The molecule has 0 aromatic heterocycles. The second-order valence-electron chi connectivity index (χ2n) is 4.14. The summed E-state index contributed by atoms with van der Waals surface area (Å²) < 4.78 is 23.6. The van der Waals surface area contributed by atoms with E-state index >= 15 is 0 Å². The minimum absolute atomic E-state index is 0.152. The zero-order chi connectivity index (χ0) is 15.2. The summed E-state index contributed by atoms with van der Waals surface area (Å²) in [5.74, 6) is 2.98. The maximum absolute atomic E-state index is 5.34. The Hall–Kier alpha value is -1.84. The van der Waals surface area contributed by atoms with Gasteiger partial charge in [0.25, 0.3) is 0 Å². The van der Waals surface area contributed by atoms with E-state index in [1.807, 2.05) is 24.3 Å². The van der Waals surface area contributed by atoms with Crippen LogP contribution in [-0.2, 0) is 0 Å². The van der Waals surface area contributed by atoms with E-state index in [1.165, 1.54) is 8.92 Å². The number of hydrogen-bond donors (Lipinski definition) is 0. The fraction of sp³-hybridized carbons (Fsp3) is 0.250. The first-order chi connectivity index (χ1) is 10.2. The zero-order valence-electron chi connectivity index (χ0n) is 12.5. The Labute approximate surface area is 131 Å². The molecule has 0 N–H and O–H groups in total. The van der Waals surface area contributed by atoms with Crippen LogP contribution in [0.5, 0.6) is 23.0 Å². The Morgan fingerprint density at radius 2 is 0.952 bits per heavy atom. The predicted octanol–water partition coefficient (Wildman–Crippen LogP) is 1.38. The van der Waals surface area contributed by atoms with Crippen LogP contribution < -0.4 is 27.9 Å². The molecular formula is C16H18O4Se. The molecule has 0 heterocycles. The molecule has 21 heavy (non-hydrogen) atoms. The molecule has 0 unspecified atom stereocenters. The van der Waals surface area contributed by atoms with Crippen molar-refractivity contribution in [2.45, 2.75) is 0 Å². The molecule has 0 bridgehead atoms. The third-order valence-electron chi connectivity index (χ3n) is 2.95. The zero-order valence-corrected chi connectivity index (χ0v) is 14.2. The first-order valence-corrected chi connectivity index (χ1v) is 8.05. The van der Waals surface area contributed by atoms with E-state index in [9.17, 15) is 0 Å². The van der Waals surface area contributed by atoms with Gasteiger partial charge in [-0.05, 0) is 0 Å². The van der Waals surface area contributed by atoms with E-state index in [0.29, 0.717) is 0 Å². The SMILES string of the molecule is COc1ccc([Se]c2ccc(OC)c(OC)c2)cc1OC. The van der Waals surface area contributed by atoms with Crippen LogP contribution in [0.4, 0.5) is 0 Å². The number of benzene rings is 2. The predicted molar refractivity (Wildman–Crippen MR) is 84.1 cm³/mol. The Balaban J connectivity index is 2.25. The summed E-state index contributed by atoms with van der Waals surface area (Å²) in [6.07, 6.45) is 0. The fourth-order valence-corrected chi connectivity index (χ4v) is 3.73. The quantitative estimate of drug-likeness (QED) is 0.736. The van der Waals surface area contributed by atoms with Gasteiger partial charge in [-0.25, -0.2) is 0 Å². The van der Waals surface area contributed by atoms with Crippen molar-refractivity contribution in [3.05, 3.63) is 36.4 Å². The molecule has 0 fully saturated rings. The Bertz CT molecular complexity index is 560. The van der Waals surface area contributed by atoms with Crippen molar-refractivity contribution in [3.63, 3.8) is 0 Å². The van der Waals surface area contributed by atoms with Gasteiger partial charge in [-0.3, -0.25) is 0 Å². The molecule has 0 radical (unpaired) electrons. The summed E-state index contributed by atoms with van der Waals surface area (Å²) in [5.41, 5.74) is 0. The third-order valence-corrected chi connectivity index (χ3v) is 5.00. The topological polar surface area (TPSA) is 36.9 Å². The number of ether oxygens (including phenoxy) is 4. The van der Waals surface area contributed by atoms with Crippen LogP contribution in [0.3, 0.4) is 0 Å². The molecule has 0 spiro atoms. The molecule has 0 aliphatic carbocycles. The summed E-state index contributed by atoms with van der Waals surface area (Å²) in [5, 5.41) is 0. The van der Waals surface area contributed by atoms with Crippen molar-refractivity contribution in [2.24, 2.45) is 0 Å². The van der Waals surface area contributed by atoms with Gasteiger partial charge < -0.3 is 0 Å². The normalized spacial score (nSPS) is 10.1. The molecule has 4 nitrogen and oxygen atoms in total. The average molecular weight is 353 g/mol.